The van der Waals surface area contributed by atoms with Gasteiger partial charge in [-0.3, -0.25) is 15.1 Å². The largest absolute Gasteiger partial charge is 0.493 e. The van der Waals surface area contributed by atoms with Gasteiger partial charge < -0.3 is 9.84 Å². The Morgan fingerprint density at radius 1 is 1.31 bits per heavy atom. The van der Waals surface area contributed by atoms with Crippen LogP contribution in [0.15, 0.2) is 41.4 Å². The molecule has 5 heteroatoms. The lowest BCUT2D eigenvalue weighted by Gasteiger charge is -2.30. The van der Waals surface area contributed by atoms with E-state index < -0.39 is 5.97 Å². The Balaban J connectivity index is 1.24. The summed E-state index contributed by atoms with van der Waals surface area (Å²) in [7, 11) is 0. The molecule has 0 amide bonds. The molecule has 4 atom stereocenters. The molecule has 1 saturated heterocycles. The van der Waals surface area contributed by atoms with Gasteiger partial charge in [-0.15, -0.1) is 0 Å². The summed E-state index contributed by atoms with van der Waals surface area (Å²) in [6, 6.07) is 8.11. The molecule has 3 aliphatic rings. The van der Waals surface area contributed by atoms with Gasteiger partial charge in [0.2, 0.25) is 0 Å². The summed E-state index contributed by atoms with van der Waals surface area (Å²) in [5.41, 5.74) is 2.32. The second kappa shape index (κ2) is 7.62. The third-order valence-electron chi connectivity index (χ3n) is 5.61. The zero-order valence-corrected chi connectivity index (χ0v) is 14.9. The molecule has 1 aromatic rings. The molecule has 0 bridgehead atoms. The number of rotatable bonds is 7. The minimum Gasteiger partial charge on any atom is -0.493 e. The van der Waals surface area contributed by atoms with Crippen molar-refractivity contribution in [2.75, 3.05) is 13.2 Å². The fourth-order valence-electron chi connectivity index (χ4n) is 4.03. The van der Waals surface area contributed by atoms with E-state index in [2.05, 4.69) is 29.6 Å². The van der Waals surface area contributed by atoms with Crippen LogP contribution in [0.25, 0.3) is 0 Å². The topological polar surface area (TPSA) is 70.9 Å². The lowest BCUT2D eigenvalue weighted by Crippen LogP contribution is -2.41. The number of fused-ring (bicyclic) bond motifs is 1. The molecule has 2 heterocycles. The molecule has 0 spiro atoms. The van der Waals surface area contributed by atoms with Crippen LogP contribution in [-0.4, -0.2) is 36.1 Å². The molecule has 2 fully saturated rings. The Morgan fingerprint density at radius 3 is 2.96 bits per heavy atom. The second-order valence-corrected chi connectivity index (χ2v) is 7.55. The van der Waals surface area contributed by atoms with Crippen molar-refractivity contribution in [1.29, 1.82) is 0 Å². The summed E-state index contributed by atoms with van der Waals surface area (Å²) < 4.78 is 5.86. The number of nitrogens with one attached hydrogen (secondary N) is 1. The SMILES string of the molecule is O=C(O)CC1CC1c1ccc(OCCC2=NC3NCCCC3C=C2)cc1. The van der Waals surface area contributed by atoms with Crippen LogP contribution in [0.3, 0.4) is 0 Å². The number of aliphatic carboxylic acids is 1. The van der Waals surface area contributed by atoms with Gasteiger partial charge in [-0.05, 0) is 61.4 Å². The Hall–Kier alpha value is -2.14. The maximum Gasteiger partial charge on any atom is 0.303 e. The van der Waals surface area contributed by atoms with E-state index in [1.165, 1.54) is 18.4 Å². The maximum absolute atomic E-state index is 10.8. The number of hydrogen-bond donors (Lipinski definition) is 2. The fourth-order valence-corrected chi connectivity index (χ4v) is 4.03. The zero-order valence-electron chi connectivity index (χ0n) is 14.9. The van der Waals surface area contributed by atoms with Crippen LogP contribution < -0.4 is 10.1 Å². The molecule has 26 heavy (non-hydrogen) atoms. The van der Waals surface area contributed by atoms with Crippen LogP contribution in [-0.2, 0) is 4.79 Å². The van der Waals surface area contributed by atoms with Gasteiger partial charge in [0.05, 0.1) is 6.61 Å². The summed E-state index contributed by atoms with van der Waals surface area (Å²) >= 11 is 0. The van der Waals surface area contributed by atoms with Crippen molar-refractivity contribution in [1.82, 2.24) is 5.32 Å². The van der Waals surface area contributed by atoms with Crippen LogP contribution in [0.1, 0.15) is 43.6 Å². The van der Waals surface area contributed by atoms with Gasteiger partial charge in [0.25, 0.3) is 0 Å². The smallest absolute Gasteiger partial charge is 0.303 e. The van der Waals surface area contributed by atoms with E-state index in [-0.39, 0.29) is 12.6 Å². The lowest BCUT2D eigenvalue weighted by atomic mass is 9.93. The van der Waals surface area contributed by atoms with Crippen LogP contribution >= 0.6 is 0 Å². The summed E-state index contributed by atoms with van der Waals surface area (Å²) in [5, 5.41) is 12.3. The molecule has 0 aromatic heterocycles. The van der Waals surface area contributed by atoms with E-state index >= 15 is 0 Å². The monoisotopic (exact) mass is 354 g/mol. The van der Waals surface area contributed by atoms with E-state index in [4.69, 9.17) is 14.8 Å². The molecule has 2 N–H and O–H groups in total. The van der Waals surface area contributed by atoms with Crippen LogP contribution in [0.2, 0.25) is 0 Å². The van der Waals surface area contributed by atoms with Crippen LogP contribution in [0.5, 0.6) is 5.75 Å². The number of piperidine rings is 1. The first-order valence-corrected chi connectivity index (χ1v) is 9.62. The number of carbonyl (C=O) groups is 1. The van der Waals surface area contributed by atoms with Crippen LogP contribution in [0.4, 0.5) is 0 Å². The van der Waals surface area contributed by atoms with E-state index in [0.717, 1.165) is 30.8 Å². The quantitative estimate of drug-likeness (QED) is 0.787. The maximum atomic E-state index is 10.8. The van der Waals surface area contributed by atoms with Crippen LogP contribution in [0, 0.1) is 11.8 Å². The Labute approximate surface area is 154 Å². The molecular weight excluding hydrogens is 328 g/mol. The number of nitrogens with zero attached hydrogens (tertiary/aromatic N) is 1. The molecule has 0 radical (unpaired) electrons. The minimum atomic E-state index is -0.702. The third-order valence-corrected chi connectivity index (χ3v) is 5.61. The first-order chi connectivity index (χ1) is 12.7. The molecule has 1 aromatic carbocycles. The number of benzene rings is 1. The van der Waals surface area contributed by atoms with Gasteiger partial charge in [-0.25, -0.2) is 0 Å². The highest BCUT2D eigenvalue weighted by Crippen LogP contribution is 2.49. The van der Waals surface area contributed by atoms with Gasteiger partial charge in [-0.1, -0.05) is 18.2 Å². The van der Waals surface area contributed by atoms with Crippen molar-refractivity contribution in [3.8, 4) is 5.75 Å². The predicted octanol–water partition coefficient (Wildman–Crippen LogP) is 3.37. The van der Waals surface area contributed by atoms with Crippen molar-refractivity contribution in [2.24, 2.45) is 16.8 Å². The number of hydrogen-bond acceptors (Lipinski definition) is 4. The number of aliphatic imine (C=N–C) groups is 1. The molecule has 4 unspecified atom stereocenters. The van der Waals surface area contributed by atoms with E-state index in [0.29, 0.717) is 24.4 Å². The highest BCUT2D eigenvalue weighted by molar-refractivity contribution is 5.95. The van der Waals surface area contributed by atoms with E-state index in [1.54, 1.807) is 0 Å². The highest BCUT2D eigenvalue weighted by Gasteiger charge is 2.39. The Bertz CT molecular complexity index is 710. The first kappa shape index (κ1) is 17.3. The zero-order chi connectivity index (χ0) is 17.9. The number of allylic oxidation sites excluding steroid dienone is 1. The number of carboxylic acid groups (broad SMARTS) is 1. The second-order valence-electron chi connectivity index (χ2n) is 7.55. The number of ether oxygens (including phenoxy) is 1. The van der Waals surface area contributed by atoms with Crippen molar-refractivity contribution < 1.29 is 14.6 Å². The van der Waals surface area contributed by atoms with Crippen molar-refractivity contribution in [2.45, 2.75) is 44.2 Å². The third kappa shape index (κ3) is 4.15. The fraction of sp³-hybridized carbons (Fsp3) is 0.524. The van der Waals surface area contributed by atoms with E-state index in [1.807, 2.05) is 12.1 Å². The highest BCUT2D eigenvalue weighted by atomic mass is 16.5. The summed E-state index contributed by atoms with van der Waals surface area (Å²) in [6.07, 6.45) is 9.21. The molecular formula is C21H26N2O3. The van der Waals surface area contributed by atoms with Crippen molar-refractivity contribution >= 4 is 11.7 Å². The summed E-state index contributed by atoms with van der Waals surface area (Å²) in [5.74, 6) is 1.41. The van der Waals surface area contributed by atoms with Crippen molar-refractivity contribution in [3.63, 3.8) is 0 Å². The average Bonchev–Trinajstić information content (AvgIpc) is 3.40. The molecule has 4 rings (SSSR count). The van der Waals surface area contributed by atoms with Gasteiger partial charge in [0.15, 0.2) is 0 Å². The molecule has 5 nitrogen and oxygen atoms in total. The minimum absolute atomic E-state index is 0.250. The molecule has 138 valence electrons. The van der Waals surface area contributed by atoms with Crippen molar-refractivity contribution in [3.05, 3.63) is 42.0 Å². The van der Waals surface area contributed by atoms with Gasteiger partial charge in [0.1, 0.15) is 11.9 Å². The Morgan fingerprint density at radius 2 is 2.15 bits per heavy atom. The van der Waals surface area contributed by atoms with Gasteiger partial charge in [0, 0.05) is 24.5 Å². The summed E-state index contributed by atoms with van der Waals surface area (Å²) in [4.78, 5) is 15.6. The average molecular weight is 354 g/mol. The van der Waals surface area contributed by atoms with Gasteiger partial charge in [-0.2, -0.15) is 0 Å². The van der Waals surface area contributed by atoms with E-state index in [9.17, 15) is 4.79 Å². The first-order valence-electron chi connectivity index (χ1n) is 9.62. The normalized spacial score (nSPS) is 29.6. The number of dihydropyridines is 1. The van der Waals surface area contributed by atoms with Gasteiger partial charge >= 0.3 is 5.97 Å². The molecule has 1 saturated carbocycles. The summed E-state index contributed by atoms with van der Waals surface area (Å²) in [6.45, 7) is 1.67. The lowest BCUT2D eigenvalue weighted by molar-refractivity contribution is -0.137. The molecule has 1 aliphatic carbocycles. The predicted molar refractivity (Wildman–Crippen MR) is 101 cm³/mol. The molecule has 2 aliphatic heterocycles. The standard InChI is InChI=1S/C21H26N2O3/c24-20(25)13-16-12-19(16)14-4-7-18(8-5-14)26-11-9-17-6-3-15-2-1-10-22-21(15)23-17/h3-8,15-16,19,21-22H,1-2,9-13H2,(H,24,25). The Kier molecular flexibility index (Phi) is 5.07. The number of carboxylic acids is 1.